The number of hydrogen-bond acceptors (Lipinski definition) is 4. The maximum Gasteiger partial charge on any atom is 0.141 e. The Hall–Kier alpha value is -0.940. The van der Waals surface area contributed by atoms with Crippen LogP contribution >= 0.6 is 0 Å². The molecular weight excluding hydrogens is 190 g/mol. The normalized spacial score (nSPS) is 13.8. The molecule has 86 valence electrons. The van der Waals surface area contributed by atoms with Gasteiger partial charge in [0.05, 0.1) is 6.54 Å². The molecule has 0 radical (unpaired) electrons. The lowest BCUT2D eigenvalue weighted by Gasteiger charge is -2.23. The summed E-state index contributed by atoms with van der Waals surface area (Å²) in [7, 11) is 2.05. The van der Waals surface area contributed by atoms with Crippen LogP contribution in [0.3, 0.4) is 0 Å². The summed E-state index contributed by atoms with van der Waals surface area (Å²) in [4.78, 5) is 6.45. The summed E-state index contributed by atoms with van der Waals surface area (Å²) in [6.45, 7) is 7.76. The minimum absolute atomic E-state index is 0.351. The molecule has 1 atom stereocenters. The Kier molecular flexibility index (Phi) is 4.23. The molecule has 1 heterocycles. The van der Waals surface area contributed by atoms with E-state index in [2.05, 4.69) is 42.8 Å². The number of hydrogen-bond donors (Lipinski definition) is 1. The van der Waals surface area contributed by atoms with E-state index in [1.54, 1.807) is 6.33 Å². The van der Waals surface area contributed by atoms with Crippen LogP contribution in [0, 0.1) is 0 Å². The number of likely N-dealkylation sites (N-methyl/N-ethyl adjacent to an activating group) is 1. The third-order valence-electron chi connectivity index (χ3n) is 2.62. The molecule has 1 rings (SSSR count). The predicted molar refractivity (Wildman–Crippen MR) is 60.4 cm³/mol. The largest absolute Gasteiger partial charge is 0.329 e. The lowest BCUT2D eigenvalue weighted by Crippen LogP contribution is -2.35. The van der Waals surface area contributed by atoms with Gasteiger partial charge in [0.25, 0.3) is 0 Å². The molecule has 15 heavy (non-hydrogen) atoms. The molecule has 0 saturated carbocycles. The maximum atomic E-state index is 5.62. The van der Waals surface area contributed by atoms with Gasteiger partial charge in [0, 0.05) is 18.6 Å². The van der Waals surface area contributed by atoms with Crippen LogP contribution in [-0.4, -0.2) is 39.3 Å². The summed E-state index contributed by atoms with van der Waals surface area (Å²) in [6.07, 6.45) is 1.61. The first kappa shape index (κ1) is 12.1. The van der Waals surface area contributed by atoms with Gasteiger partial charge < -0.3 is 5.73 Å². The van der Waals surface area contributed by atoms with Crippen LogP contribution in [0.2, 0.25) is 0 Å². The van der Waals surface area contributed by atoms with E-state index in [-0.39, 0.29) is 0 Å². The van der Waals surface area contributed by atoms with Crippen molar-refractivity contribution < 1.29 is 0 Å². The number of nitrogens with zero attached hydrogens (tertiary/aromatic N) is 4. The van der Waals surface area contributed by atoms with Gasteiger partial charge >= 0.3 is 0 Å². The summed E-state index contributed by atoms with van der Waals surface area (Å²) in [6, 6.07) is 0.714. The van der Waals surface area contributed by atoms with Crippen LogP contribution in [0.1, 0.15) is 32.6 Å². The van der Waals surface area contributed by atoms with E-state index in [1.807, 2.05) is 4.68 Å². The van der Waals surface area contributed by atoms with Crippen LogP contribution in [-0.2, 0) is 6.54 Å². The third kappa shape index (κ3) is 3.00. The second-order valence-corrected chi connectivity index (χ2v) is 4.21. The molecule has 0 aliphatic heterocycles. The molecule has 1 unspecified atom stereocenters. The molecular formula is C10H21N5. The van der Waals surface area contributed by atoms with E-state index >= 15 is 0 Å². The van der Waals surface area contributed by atoms with Gasteiger partial charge in [-0.15, -0.1) is 0 Å². The Morgan fingerprint density at radius 3 is 2.67 bits per heavy atom. The summed E-state index contributed by atoms with van der Waals surface area (Å²) >= 11 is 0. The van der Waals surface area contributed by atoms with Gasteiger partial charge in [-0.25, -0.2) is 9.67 Å². The SMILES string of the molecule is CC(CN)N(C)Cc1ncnn1C(C)C. The second-order valence-electron chi connectivity index (χ2n) is 4.21. The Balaban J connectivity index is 2.67. The van der Waals surface area contributed by atoms with Crippen LogP contribution in [0.15, 0.2) is 6.33 Å². The van der Waals surface area contributed by atoms with Crippen molar-refractivity contribution in [1.29, 1.82) is 0 Å². The highest BCUT2D eigenvalue weighted by molar-refractivity contribution is 4.87. The first-order valence-electron chi connectivity index (χ1n) is 5.35. The minimum Gasteiger partial charge on any atom is -0.329 e. The van der Waals surface area contributed by atoms with E-state index in [0.29, 0.717) is 18.6 Å². The number of aromatic nitrogens is 3. The van der Waals surface area contributed by atoms with Crippen molar-refractivity contribution in [2.24, 2.45) is 5.73 Å². The zero-order valence-electron chi connectivity index (χ0n) is 10.0. The highest BCUT2D eigenvalue weighted by atomic mass is 15.4. The van der Waals surface area contributed by atoms with Crippen LogP contribution < -0.4 is 5.73 Å². The van der Waals surface area contributed by atoms with E-state index < -0.39 is 0 Å². The van der Waals surface area contributed by atoms with Crippen molar-refractivity contribution >= 4 is 0 Å². The molecule has 0 aromatic carbocycles. The Morgan fingerprint density at radius 2 is 2.13 bits per heavy atom. The first-order valence-corrected chi connectivity index (χ1v) is 5.35. The van der Waals surface area contributed by atoms with E-state index in [9.17, 15) is 0 Å². The van der Waals surface area contributed by atoms with Crippen LogP contribution in [0.5, 0.6) is 0 Å². The quantitative estimate of drug-likeness (QED) is 0.776. The molecule has 0 spiro atoms. The van der Waals surface area contributed by atoms with Gasteiger partial charge in [-0.3, -0.25) is 4.90 Å². The monoisotopic (exact) mass is 211 g/mol. The van der Waals surface area contributed by atoms with Crippen molar-refractivity contribution in [3.05, 3.63) is 12.2 Å². The van der Waals surface area contributed by atoms with Gasteiger partial charge in [-0.2, -0.15) is 5.10 Å². The standard InChI is InChI=1S/C10H21N5/c1-8(2)15-10(12-7-13-15)6-14(4)9(3)5-11/h7-9H,5-6,11H2,1-4H3. The fraction of sp³-hybridized carbons (Fsp3) is 0.800. The van der Waals surface area contributed by atoms with E-state index in [1.165, 1.54) is 0 Å². The second kappa shape index (κ2) is 5.23. The third-order valence-corrected chi connectivity index (χ3v) is 2.62. The molecule has 5 nitrogen and oxygen atoms in total. The summed E-state index contributed by atoms with van der Waals surface area (Å²) in [5.41, 5.74) is 5.62. The van der Waals surface area contributed by atoms with Gasteiger partial charge in [-0.05, 0) is 27.8 Å². The summed E-state index contributed by atoms with van der Waals surface area (Å²) < 4.78 is 1.94. The molecule has 2 N–H and O–H groups in total. The highest BCUT2D eigenvalue weighted by Gasteiger charge is 2.13. The van der Waals surface area contributed by atoms with Crippen molar-refractivity contribution in [3.8, 4) is 0 Å². The van der Waals surface area contributed by atoms with E-state index in [0.717, 1.165) is 12.4 Å². The zero-order chi connectivity index (χ0) is 11.4. The van der Waals surface area contributed by atoms with Crippen LogP contribution in [0.4, 0.5) is 0 Å². The summed E-state index contributed by atoms with van der Waals surface area (Å²) in [5.74, 6) is 0.993. The van der Waals surface area contributed by atoms with Crippen LogP contribution in [0.25, 0.3) is 0 Å². The fourth-order valence-corrected chi connectivity index (χ4v) is 1.38. The average molecular weight is 211 g/mol. The molecule has 0 amide bonds. The molecule has 5 heteroatoms. The average Bonchev–Trinajstić information content (AvgIpc) is 2.64. The van der Waals surface area contributed by atoms with Crippen molar-refractivity contribution in [2.45, 2.75) is 39.4 Å². The molecule has 0 aliphatic carbocycles. The van der Waals surface area contributed by atoms with Crippen molar-refractivity contribution in [1.82, 2.24) is 19.7 Å². The predicted octanol–water partition coefficient (Wildman–Crippen LogP) is 0.638. The Labute approximate surface area is 91.3 Å². The van der Waals surface area contributed by atoms with Gasteiger partial charge in [0.1, 0.15) is 12.2 Å². The summed E-state index contributed by atoms with van der Waals surface area (Å²) in [5, 5.41) is 4.20. The Bertz CT molecular complexity index is 294. The minimum atomic E-state index is 0.351. The molecule has 0 bridgehead atoms. The number of rotatable bonds is 5. The molecule has 0 saturated heterocycles. The van der Waals surface area contributed by atoms with Gasteiger partial charge in [-0.1, -0.05) is 0 Å². The smallest absolute Gasteiger partial charge is 0.141 e. The van der Waals surface area contributed by atoms with Gasteiger partial charge in [0.2, 0.25) is 0 Å². The topological polar surface area (TPSA) is 60.0 Å². The van der Waals surface area contributed by atoms with Crippen molar-refractivity contribution in [2.75, 3.05) is 13.6 Å². The molecule has 1 aromatic rings. The molecule has 0 aliphatic rings. The zero-order valence-corrected chi connectivity index (χ0v) is 10.0. The maximum absolute atomic E-state index is 5.62. The number of nitrogens with two attached hydrogens (primary N) is 1. The van der Waals surface area contributed by atoms with E-state index in [4.69, 9.17) is 5.73 Å². The molecule has 0 fully saturated rings. The lowest BCUT2D eigenvalue weighted by molar-refractivity contribution is 0.241. The fourth-order valence-electron chi connectivity index (χ4n) is 1.38. The highest BCUT2D eigenvalue weighted by Crippen LogP contribution is 2.08. The van der Waals surface area contributed by atoms with Gasteiger partial charge in [0.15, 0.2) is 0 Å². The Morgan fingerprint density at radius 1 is 1.47 bits per heavy atom. The first-order chi connectivity index (χ1) is 7.06. The van der Waals surface area contributed by atoms with Crippen molar-refractivity contribution in [3.63, 3.8) is 0 Å². The molecule has 1 aromatic heterocycles. The lowest BCUT2D eigenvalue weighted by atomic mass is 10.3.